The number of methoxy groups -OCH3 is 1. The molecule has 1 heterocycles. The van der Waals surface area contributed by atoms with E-state index >= 15 is 0 Å². The molecule has 0 aliphatic carbocycles. The zero-order chi connectivity index (χ0) is 17.5. The summed E-state index contributed by atoms with van der Waals surface area (Å²) in [5.41, 5.74) is 1.07. The predicted octanol–water partition coefficient (Wildman–Crippen LogP) is 2.32. The summed E-state index contributed by atoms with van der Waals surface area (Å²) >= 11 is 1.36. The molecular formula is C17H18N2O4S. The van der Waals surface area contributed by atoms with Crippen LogP contribution < -0.4 is 10.2 Å². The number of carbonyl (C=O) groups is 3. The number of nitrogens with zero attached hydrogens (tertiary/aromatic N) is 1. The molecular weight excluding hydrogens is 328 g/mol. The van der Waals surface area contributed by atoms with Gasteiger partial charge >= 0.3 is 5.97 Å². The number of amides is 2. The van der Waals surface area contributed by atoms with Crippen LogP contribution in [0.1, 0.15) is 27.0 Å². The van der Waals surface area contributed by atoms with Gasteiger partial charge in [0, 0.05) is 25.7 Å². The minimum atomic E-state index is -0.431. The number of hydrogen-bond acceptors (Lipinski definition) is 5. The molecule has 7 heteroatoms. The van der Waals surface area contributed by atoms with Crippen molar-refractivity contribution in [3.8, 4) is 0 Å². The van der Waals surface area contributed by atoms with E-state index in [1.54, 1.807) is 30.3 Å². The predicted molar refractivity (Wildman–Crippen MR) is 92.5 cm³/mol. The van der Waals surface area contributed by atoms with Gasteiger partial charge in [0.05, 0.1) is 17.6 Å². The molecule has 1 aromatic carbocycles. The van der Waals surface area contributed by atoms with Gasteiger partial charge in [-0.15, -0.1) is 11.3 Å². The van der Waals surface area contributed by atoms with Crippen LogP contribution in [0.2, 0.25) is 0 Å². The molecule has 126 valence electrons. The molecule has 1 aromatic heterocycles. The maximum atomic E-state index is 11.9. The molecule has 0 aliphatic rings. The van der Waals surface area contributed by atoms with Gasteiger partial charge in [-0.2, -0.15) is 0 Å². The highest BCUT2D eigenvalue weighted by Gasteiger charge is 2.14. The van der Waals surface area contributed by atoms with E-state index in [4.69, 9.17) is 0 Å². The third-order valence-electron chi connectivity index (χ3n) is 3.35. The molecule has 0 fully saturated rings. The van der Waals surface area contributed by atoms with Crippen molar-refractivity contribution < 1.29 is 19.1 Å². The molecule has 2 rings (SSSR count). The minimum absolute atomic E-state index is 0.147. The van der Waals surface area contributed by atoms with Crippen molar-refractivity contribution >= 4 is 34.8 Å². The lowest BCUT2D eigenvalue weighted by Gasteiger charge is -2.21. The van der Waals surface area contributed by atoms with Gasteiger partial charge in [0.2, 0.25) is 5.91 Å². The van der Waals surface area contributed by atoms with E-state index in [-0.39, 0.29) is 11.8 Å². The maximum Gasteiger partial charge on any atom is 0.337 e. The molecule has 0 atom stereocenters. The molecule has 0 saturated carbocycles. The molecule has 0 radical (unpaired) electrons. The summed E-state index contributed by atoms with van der Waals surface area (Å²) in [6.45, 7) is 2.12. The summed E-state index contributed by atoms with van der Waals surface area (Å²) in [6, 6.07) is 10.1. The fourth-order valence-corrected chi connectivity index (χ4v) is 2.78. The fraction of sp³-hybridized carbons (Fsp3) is 0.235. The number of rotatable bonds is 6. The lowest BCUT2D eigenvalue weighted by Crippen LogP contribution is -2.37. The number of ether oxygens (including phenoxy) is 1. The Balaban J connectivity index is 1.98. The van der Waals surface area contributed by atoms with Crippen LogP contribution in [0, 0.1) is 0 Å². The zero-order valence-electron chi connectivity index (χ0n) is 13.4. The van der Waals surface area contributed by atoms with Crippen LogP contribution in [0.4, 0.5) is 5.69 Å². The third kappa shape index (κ3) is 4.42. The molecule has 2 aromatic rings. The van der Waals surface area contributed by atoms with Crippen LogP contribution >= 0.6 is 11.3 Å². The molecule has 0 unspecified atom stereocenters. The summed E-state index contributed by atoms with van der Waals surface area (Å²) in [4.78, 5) is 37.3. The highest BCUT2D eigenvalue weighted by atomic mass is 32.1. The van der Waals surface area contributed by atoms with Crippen molar-refractivity contribution in [1.29, 1.82) is 0 Å². The van der Waals surface area contributed by atoms with Gasteiger partial charge in [0.1, 0.15) is 0 Å². The Bertz CT molecular complexity index is 711. The van der Waals surface area contributed by atoms with E-state index in [0.717, 1.165) is 0 Å². The summed E-state index contributed by atoms with van der Waals surface area (Å²) in [7, 11) is 1.31. The summed E-state index contributed by atoms with van der Waals surface area (Å²) in [5.74, 6) is -0.736. The monoisotopic (exact) mass is 346 g/mol. The second-order valence-corrected chi connectivity index (χ2v) is 5.89. The Morgan fingerprint density at radius 2 is 1.88 bits per heavy atom. The normalized spacial score (nSPS) is 10.1. The maximum absolute atomic E-state index is 11.9. The first-order valence-electron chi connectivity index (χ1n) is 7.31. The quantitative estimate of drug-likeness (QED) is 0.815. The smallest absolute Gasteiger partial charge is 0.337 e. The van der Waals surface area contributed by atoms with Gasteiger partial charge < -0.3 is 15.0 Å². The van der Waals surface area contributed by atoms with Crippen LogP contribution in [0.3, 0.4) is 0 Å². The van der Waals surface area contributed by atoms with E-state index in [1.165, 1.54) is 30.3 Å². The first-order valence-corrected chi connectivity index (χ1v) is 8.19. The van der Waals surface area contributed by atoms with Crippen LogP contribution in [-0.4, -0.2) is 38.0 Å². The molecule has 24 heavy (non-hydrogen) atoms. The Morgan fingerprint density at radius 3 is 2.42 bits per heavy atom. The average Bonchev–Trinajstić information content (AvgIpc) is 3.12. The van der Waals surface area contributed by atoms with E-state index in [2.05, 4.69) is 10.1 Å². The molecule has 0 spiro atoms. The number of anilines is 1. The SMILES string of the molecule is COC(=O)c1ccc(N(CCNC(=O)c2cccs2)C(C)=O)cc1. The Kier molecular flexibility index (Phi) is 6.08. The second-order valence-electron chi connectivity index (χ2n) is 4.94. The Labute approximate surface area is 144 Å². The molecule has 0 saturated heterocycles. The molecule has 0 aliphatic heterocycles. The topological polar surface area (TPSA) is 75.7 Å². The van der Waals surface area contributed by atoms with Crippen LogP contribution in [-0.2, 0) is 9.53 Å². The van der Waals surface area contributed by atoms with Crippen molar-refractivity contribution in [3.63, 3.8) is 0 Å². The second kappa shape index (κ2) is 8.26. The Hall–Kier alpha value is -2.67. The summed E-state index contributed by atoms with van der Waals surface area (Å²) in [6.07, 6.45) is 0. The first-order chi connectivity index (χ1) is 11.5. The van der Waals surface area contributed by atoms with Gasteiger partial charge in [-0.25, -0.2) is 4.79 Å². The number of nitrogens with one attached hydrogen (secondary N) is 1. The standard InChI is InChI=1S/C17H18N2O4S/c1-12(20)19(10-9-18-16(21)15-4-3-11-24-15)14-7-5-13(6-8-14)17(22)23-2/h3-8,11H,9-10H2,1-2H3,(H,18,21). The van der Waals surface area contributed by atoms with E-state index < -0.39 is 5.97 Å². The van der Waals surface area contributed by atoms with Gasteiger partial charge in [-0.3, -0.25) is 9.59 Å². The molecule has 1 N–H and O–H groups in total. The molecule has 2 amide bonds. The van der Waals surface area contributed by atoms with Gasteiger partial charge in [0.25, 0.3) is 5.91 Å². The van der Waals surface area contributed by atoms with Crippen molar-refractivity contribution in [2.75, 3.05) is 25.1 Å². The van der Waals surface area contributed by atoms with Crippen LogP contribution in [0.25, 0.3) is 0 Å². The fourth-order valence-electron chi connectivity index (χ4n) is 2.14. The Morgan fingerprint density at radius 1 is 1.17 bits per heavy atom. The van der Waals surface area contributed by atoms with Crippen molar-refractivity contribution in [2.24, 2.45) is 0 Å². The molecule has 0 bridgehead atoms. The lowest BCUT2D eigenvalue weighted by molar-refractivity contribution is -0.116. The molecule has 6 nitrogen and oxygen atoms in total. The van der Waals surface area contributed by atoms with E-state index in [0.29, 0.717) is 29.2 Å². The van der Waals surface area contributed by atoms with Crippen molar-refractivity contribution in [3.05, 3.63) is 52.2 Å². The van der Waals surface area contributed by atoms with Gasteiger partial charge in [-0.1, -0.05) is 6.07 Å². The van der Waals surface area contributed by atoms with Crippen molar-refractivity contribution in [2.45, 2.75) is 6.92 Å². The van der Waals surface area contributed by atoms with Crippen LogP contribution in [0.5, 0.6) is 0 Å². The highest BCUT2D eigenvalue weighted by Crippen LogP contribution is 2.16. The first kappa shape index (κ1) is 17.7. The van der Waals surface area contributed by atoms with E-state index in [9.17, 15) is 14.4 Å². The van der Waals surface area contributed by atoms with Crippen molar-refractivity contribution in [1.82, 2.24) is 5.32 Å². The summed E-state index contributed by atoms with van der Waals surface area (Å²) < 4.78 is 4.64. The highest BCUT2D eigenvalue weighted by molar-refractivity contribution is 7.12. The number of esters is 1. The third-order valence-corrected chi connectivity index (χ3v) is 4.21. The summed E-state index contributed by atoms with van der Waals surface area (Å²) in [5, 5.41) is 4.62. The number of thiophene rings is 1. The minimum Gasteiger partial charge on any atom is -0.465 e. The average molecular weight is 346 g/mol. The zero-order valence-corrected chi connectivity index (χ0v) is 14.3. The van der Waals surface area contributed by atoms with Crippen LogP contribution in [0.15, 0.2) is 41.8 Å². The number of hydrogen-bond donors (Lipinski definition) is 1. The number of carbonyl (C=O) groups excluding carboxylic acids is 3. The largest absolute Gasteiger partial charge is 0.465 e. The van der Waals surface area contributed by atoms with Gasteiger partial charge in [0.15, 0.2) is 0 Å². The lowest BCUT2D eigenvalue weighted by atomic mass is 10.2. The van der Waals surface area contributed by atoms with E-state index in [1.807, 2.05) is 11.4 Å². The van der Waals surface area contributed by atoms with Gasteiger partial charge in [-0.05, 0) is 35.7 Å². The number of benzene rings is 1.